The second-order valence-electron chi connectivity index (χ2n) is 11.5. The molecule has 12 nitrogen and oxygen atoms in total. The van der Waals surface area contributed by atoms with Crippen molar-refractivity contribution in [2.45, 2.75) is 56.3 Å². The molecular formula is C33H38N6O6. The van der Waals surface area contributed by atoms with E-state index in [-0.39, 0.29) is 31.6 Å². The molecule has 2 heterocycles. The van der Waals surface area contributed by atoms with Gasteiger partial charge in [0.2, 0.25) is 29.5 Å². The number of nitrogens with zero attached hydrogens (tertiary/aromatic N) is 2. The highest BCUT2D eigenvalue weighted by Gasteiger charge is 2.42. The van der Waals surface area contributed by atoms with Gasteiger partial charge in [-0.1, -0.05) is 54.6 Å². The lowest BCUT2D eigenvalue weighted by Gasteiger charge is -2.35. The van der Waals surface area contributed by atoms with Gasteiger partial charge in [-0.15, -0.1) is 0 Å². The topological polar surface area (TPSA) is 188 Å². The summed E-state index contributed by atoms with van der Waals surface area (Å²) in [5, 5.41) is 17.0. The molecule has 0 saturated carbocycles. The van der Waals surface area contributed by atoms with Crippen molar-refractivity contribution in [2.24, 2.45) is 11.5 Å². The molecule has 45 heavy (non-hydrogen) atoms. The van der Waals surface area contributed by atoms with Crippen molar-refractivity contribution in [1.29, 1.82) is 0 Å². The average molecular weight is 615 g/mol. The number of nitrogens with two attached hydrogens (primary N) is 2. The fourth-order valence-corrected chi connectivity index (χ4v) is 6.08. The predicted molar refractivity (Wildman–Crippen MR) is 166 cm³/mol. The molecule has 2 aliphatic heterocycles. The fourth-order valence-electron chi connectivity index (χ4n) is 6.08. The summed E-state index contributed by atoms with van der Waals surface area (Å²) in [4.78, 5) is 70.8. The number of imide groups is 1. The van der Waals surface area contributed by atoms with Crippen molar-refractivity contribution in [3.05, 3.63) is 77.9 Å². The van der Waals surface area contributed by atoms with Crippen LogP contribution >= 0.6 is 0 Å². The minimum Gasteiger partial charge on any atom is -0.508 e. The molecule has 2 saturated heterocycles. The van der Waals surface area contributed by atoms with E-state index in [0.717, 1.165) is 21.2 Å². The van der Waals surface area contributed by atoms with Gasteiger partial charge in [0.1, 0.15) is 23.9 Å². The van der Waals surface area contributed by atoms with Crippen LogP contribution in [-0.2, 0) is 36.8 Å². The highest BCUT2D eigenvalue weighted by atomic mass is 16.3. The fraction of sp³-hybridized carbons (Fsp3) is 0.364. The van der Waals surface area contributed by atoms with Crippen LogP contribution in [-0.4, -0.2) is 88.2 Å². The first-order valence-electron chi connectivity index (χ1n) is 15.1. The normalized spacial score (nSPS) is 21.9. The molecule has 0 unspecified atom stereocenters. The first kappa shape index (κ1) is 31.6. The van der Waals surface area contributed by atoms with E-state index in [2.05, 4.69) is 10.6 Å². The number of fused-ring (bicyclic) bond motifs is 2. The minimum absolute atomic E-state index is 0.0202. The highest BCUT2D eigenvalue weighted by Crippen LogP contribution is 2.23. The molecule has 0 spiro atoms. The lowest BCUT2D eigenvalue weighted by Crippen LogP contribution is -2.63. The maximum Gasteiger partial charge on any atom is 0.249 e. The predicted octanol–water partition coefficient (Wildman–Crippen LogP) is 0.336. The first-order chi connectivity index (χ1) is 21.7. The van der Waals surface area contributed by atoms with Gasteiger partial charge in [-0.2, -0.15) is 0 Å². The Morgan fingerprint density at radius 2 is 1.67 bits per heavy atom. The molecule has 3 aromatic carbocycles. The first-order valence-corrected chi connectivity index (χ1v) is 15.1. The van der Waals surface area contributed by atoms with Crippen molar-refractivity contribution < 1.29 is 29.1 Å². The Morgan fingerprint density at radius 1 is 0.956 bits per heavy atom. The van der Waals surface area contributed by atoms with Gasteiger partial charge in [0, 0.05) is 13.0 Å². The monoisotopic (exact) mass is 614 g/mol. The van der Waals surface area contributed by atoms with Crippen LogP contribution in [0.2, 0.25) is 0 Å². The molecule has 12 heteroatoms. The molecule has 2 fully saturated rings. The minimum atomic E-state index is -1.38. The molecule has 5 amide bonds. The van der Waals surface area contributed by atoms with Crippen LogP contribution in [0.3, 0.4) is 0 Å². The average Bonchev–Trinajstić information content (AvgIpc) is 3.53. The SMILES string of the molecule is NCC[C@@H]1C(=O)N[C@@H](Cc2ccc3ccccc3c2)C(=O)N2CCC[C@@H]2C(=O)NCC(=O)N1C(=O)[C@@H](N)Cc1ccc(O)cc1. The maximum absolute atomic E-state index is 14.0. The lowest BCUT2D eigenvalue weighted by atomic mass is 9.99. The van der Waals surface area contributed by atoms with Gasteiger partial charge < -0.3 is 32.1 Å². The van der Waals surface area contributed by atoms with E-state index in [9.17, 15) is 29.1 Å². The van der Waals surface area contributed by atoms with Gasteiger partial charge in [-0.3, -0.25) is 28.9 Å². The second-order valence-corrected chi connectivity index (χ2v) is 11.5. The molecular weight excluding hydrogens is 576 g/mol. The van der Waals surface area contributed by atoms with Gasteiger partial charge in [0.25, 0.3) is 0 Å². The summed E-state index contributed by atoms with van der Waals surface area (Å²) in [7, 11) is 0. The number of benzene rings is 3. The van der Waals surface area contributed by atoms with Crippen molar-refractivity contribution in [2.75, 3.05) is 19.6 Å². The van der Waals surface area contributed by atoms with Gasteiger partial charge in [0.05, 0.1) is 12.6 Å². The van der Waals surface area contributed by atoms with Crippen LogP contribution in [0.25, 0.3) is 10.8 Å². The largest absolute Gasteiger partial charge is 0.508 e. The van der Waals surface area contributed by atoms with Crippen molar-refractivity contribution in [3.8, 4) is 5.75 Å². The van der Waals surface area contributed by atoms with E-state index in [1.54, 1.807) is 12.1 Å². The Labute approximate surface area is 260 Å². The van der Waals surface area contributed by atoms with E-state index in [1.165, 1.54) is 17.0 Å². The van der Waals surface area contributed by atoms with Crippen LogP contribution in [0.5, 0.6) is 5.75 Å². The summed E-state index contributed by atoms with van der Waals surface area (Å²) < 4.78 is 0. The molecule has 7 N–H and O–H groups in total. The van der Waals surface area contributed by atoms with E-state index >= 15 is 0 Å². The summed E-state index contributed by atoms with van der Waals surface area (Å²) in [6.45, 7) is -0.284. The van der Waals surface area contributed by atoms with Crippen molar-refractivity contribution in [1.82, 2.24) is 20.4 Å². The van der Waals surface area contributed by atoms with Gasteiger partial charge in [-0.05, 0) is 66.3 Å². The van der Waals surface area contributed by atoms with E-state index in [0.29, 0.717) is 24.9 Å². The van der Waals surface area contributed by atoms with Crippen LogP contribution in [0.15, 0.2) is 66.7 Å². The third kappa shape index (κ3) is 7.13. The third-order valence-electron chi connectivity index (χ3n) is 8.39. The number of amides is 5. The summed E-state index contributed by atoms with van der Waals surface area (Å²) in [5.74, 6) is -3.25. The van der Waals surface area contributed by atoms with E-state index < -0.39 is 60.2 Å². The molecule has 0 aliphatic carbocycles. The zero-order chi connectivity index (χ0) is 32.1. The van der Waals surface area contributed by atoms with E-state index in [1.807, 2.05) is 42.5 Å². The number of carbonyl (C=O) groups is 5. The van der Waals surface area contributed by atoms with Crippen LogP contribution < -0.4 is 22.1 Å². The molecule has 0 radical (unpaired) electrons. The summed E-state index contributed by atoms with van der Waals surface area (Å²) >= 11 is 0. The Balaban J connectivity index is 1.48. The summed E-state index contributed by atoms with van der Waals surface area (Å²) in [5.41, 5.74) is 13.6. The molecule has 236 valence electrons. The molecule has 3 aromatic rings. The summed E-state index contributed by atoms with van der Waals surface area (Å²) in [6, 6.07) is 15.1. The number of phenols is 1. The van der Waals surface area contributed by atoms with Gasteiger partial charge in [0.15, 0.2) is 0 Å². The Bertz CT molecular complexity index is 1590. The maximum atomic E-state index is 14.0. The molecule has 0 aromatic heterocycles. The van der Waals surface area contributed by atoms with Gasteiger partial charge in [-0.25, -0.2) is 0 Å². The van der Waals surface area contributed by atoms with Crippen molar-refractivity contribution in [3.63, 3.8) is 0 Å². The highest BCUT2D eigenvalue weighted by molar-refractivity contribution is 6.05. The second kappa shape index (κ2) is 13.9. The number of phenolic OH excluding ortho intramolecular Hbond substituents is 1. The zero-order valence-corrected chi connectivity index (χ0v) is 24.9. The molecule has 2 aliphatic rings. The number of aromatic hydroxyl groups is 1. The van der Waals surface area contributed by atoms with Crippen LogP contribution in [0.1, 0.15) is 30.4 Å². The molecule has 5 rings (SSSR count). The van der Waals surface area contributed by atoms with Crippen LogP contribution in [0, 0.1) is 0 Å². The third-order valence-corrected chi connectivity index (χ3v) is 8.39. The molecule has 4 atom stereocenters. The number of hydrogen-bond acceptors (Lipinski definition) is 8. The molecule has 0 bridgehead atoms. The number of nitrogens with one attached hydrogen (secondary N) is 2. The zero-order valence-electron chi connectivity index (χ0n) is 24.9. The smallest absolute Gasteiger partial charge is 0.249 e. The summed E-state index contributed by atoms with van der Waals surface area (Å²) in [6.07, 6.45) is 1.04. The number of carbonyl (C=O) groups excluding carboxylic acids is 5. The Morgan fingerprint density at radius 3 is 2.40 bits per heavy atom. The standard InChI is InChI=1S/C33H38N6O6/c34-14-13-28-31(43)37-26(18-21-7-10-22-4-1-2-5-23(22)16-21)33(45)38-15-3-6-27(38)30(42)36-19-29(41)39(28)32(44)25(35)17-20-8-11-24(40)12-9-20/h1-2,4-5,7-12,16,25-28,40H,3,6,13-15,17-19,34-35H2,(H,36,42)(H,37,43)/t25-,26-,27+,28+/m0/s1. The number of rotatable bonds is 7. The van der Waals surface area contributed by atoms with Crippen molar-refractivity contribution >= 4 is 40.3 Å². The van der Waals surface area contributed by atoms with Gasteiger partial charge >= 0.3 is 0 Å². The van der Waals surface area contributed by atoms with Crippen LogP contribution in [0.4, 0.5) is 0 Å². The number of hydrogen-bond donors (Lipinski definition) is 5. The lowest BCUT2D eigenvalue weighted by molar-refractivity contribution is -0.154. The Hall–Kier alpha value is -4.81. The quantitative estimate of drug-likeness (QED) is 0.252. The Kier molecular flexibility index (Phi) is 9.74. The van der Waals surface area contributed by atoms with E-state index in [4.69, 9.17) is 11.5 Å².